The number of hydrogen-bond acceptors (Lipinski definition) is 3. The first-order valence-electron chi connectivity index (χ1n) is 10.6. The summed E-state index contributed by atoms with van der Waals surface area (Å²) >= 11 is 0. The first kappa shape index (κ1) is 21.1. The van der Waals surface area contributed by atoms with Crippen LogP contribution in [0.4, 0.5) is 0 Å². The van der Waals surface area contributed by atoms with E-state index in [2.05, 4.69) is 17.1 Å². The Morgan fingerprint density at radius 3 is 2.36 bits per heavy atom. The summed E-state index contributed by atoms with van der Waals surface area (Å²) in [5, 5.41) is 8.63. The number of aliphatic imine (C=N–C) groups is 1. The molecule has 3 N–H and O–H groups in total. The molecule has 1 saturated carbocycles. The number of nitrogens with zero attached hydrogens (tertiary/aromatic N) is 2. The highest BCUT2D eigenvalue weighted by molar-refractivity contribution is 7.89. The van der Waals surface area contributed by atoms with Crippen LogP contribution in [0, 0.1) is 5.41 Å². The molecule has 1 aromatic rings. The highest BCUT2D eigenvalue weighted by atomic mass is 32.2. The Kier molecular flexibility index (Phi) is 6.99. The van der Waals surface area contributed by atoms with Crippen molar-refractivity contribution in [2.24, 2.45) is 15.5 Å². The van der Waals surface area contributed by atoms with Crippen molar-refractivity contribution in [2.45, 2.75) is 69.7 Å². The topological polar surface area (TPSA) is 87.8 Å². The summed E-state index contributed by atoms with van der Waals surface area (Å²) in [6.07, 6.45) is 10.7. The van der Waals surface area contributed by atoms with Crippen molar-refractivity contribution in [1.29, 1.82) is 0 Å². The maximum atomic E-state index is 11.4. The maximum Gasteiger partial charge on any atom is 0.238 e. The summed E-state index contributed by atoms with van der Waals surface area (Å²) in [5.41, 5.74) is 1.44. The first-order valence-corrected chi connectivity index (χ1v) is 12.1. The summed E-state index contributed by atoms with van der Waals surface area (Å²) in [4.78, 5) is 7.43. The number of sulfonamides is 1. The highest BCUT2D eigenvalue weighted by Crippen LogP contribution is 2.42. The van der Waals surface area contributed by atoms with Crippen LogP contribution in [0.3, 0.4) is 0 Å². The van der Waals surface area contributed by atoms with Gasteiger partial charge in [-0.3, -0.25) is 0 Å². The number of nitrogens with one attached hydrogen (secondary N) is 1. The number of nitrogens with two attached hydrogens (primary N) is 1. The molecule has 0 radical (unpaired) electrons. The second kappa shape index (κ2) is 9.27. The van der Waals surface area contributed by atoms with Gasteiger partial charge in [-0.25, -0.2) is 18.5 Å². The van der Waals surface area contributed by atoms with Crippen LogP contribution in [0.1, 0.15) is 63.9 Å². The summed E-state index contributed by atoms with van der Waals surface area (Å²) < 4.78 is 22.8. The third-order valence-corrected chi connectivity index (χ3v) is 7.05. The van der Waals surface area contributed by atoms with E-state index in [-0.39, 0.29) is 4.90 Å². The van der Waals surface area contributed by atoms with Gasteiger partial charge in [-0.2, -0.15) is 0 Å². The van der Waals surface area contributed by atoms with E-state index in [0.29, 0.717) is 12.0 Å². The molecular weight excluding hydrogens is 372 g/mol. The lowest BCUT2D eigenvalue weighted by Crippen LogP contribution is -2.50. The van der Waals surface area contributed by atoms with E-state index in [1.165, 1.54) is 51.4 Å². The number of rotatable bonds is 4. The van der Waals surface area contributed by atoms with Gasteiger partial charge in [0.1, 0.15) is 0 Å². The average molecular weight is 407 g/mol. The molecule has 6 nitrogen and oxygen atoms in total. The first-order chi connectivity index (χ1) is 13.4. The van der Waals surface area contributed by atoms with Gasteiger partial charge in [0.05, 0.1) is 11.4 Å². The van der Waals surface area contributed by atoms with Gasteiger partial charge in [0.2, 0.25) is 10.0 Å². The van der Waals surface area contributed by atoms with Crippen LogP contribution in [-0.4, -0.2) is 38.9 Å². The van der Waals surface area contributed by atoms with Crippen molar-refractivity contribution >= 4 is 16.0 Å². The Bertz CT molecular complexity index is 766. The Labute approximate surface area is 169 Å². The molecule has 3 rings (SSSR count). The van der Waals surface area contributed by atoms with Gasteiger partial charge in [0, 0.05) is 19.6 Å². The molecular formula is C21H34N4O2S. The molecule has 2 aliphatic rings. The fourth-order valence-electron chi connectivity index (χ4n) is 4.65. The molecule has 1 saturated heterocycles. The fourth-order valence-corrected chi connectivity index (χ4v) is 5.17. The third kappa shape index (κ3) is 5.47. The largest absolute Gasteiger partial charge is 0.357 e. The van der Waals surface area contributed by atoms with Gasteiger partial charge >= 0.3 is 0 Å². The van der Waals surface area contributed by atoms with Gasteiger partial charge in [0.25, 0.3) is 0 Å². The molecule has 0 aromatic heterocycles. The minimum atomic E-state index is -3.65. The van der Waals surface area contributed by atoms with Crippen molar-refractivity contribution in [3.8, 4) is 0 Å². The molecule has 0 atom stereocenters. The Balaban J connectivity index is 1.71. The monoisotopic (exact) mass is 406 g/mol. The van der Waals surface area contributed by atoms with Crippen LogP contribution in [0.5, 0.6) is 0 Å². The van der Waals surface area contributed by atoms with Crippen LogP contribution in [0.15, 0.2) is 34.2 Å². The summed E-state index contributed by atoms with van der Waals surface area (Å²) in [5.74, 6) is 0.973. The second-order valence-corrected chi connectivity index (χ2v) is 9.86. The van der Waals surface area contributed by atoms with Crippen molar-refractivity contribution in [2.75, 3.05) is 19.6 Å². The minimum Gasteiger partial charge on any atom is -0.357 e. The standard InChI is InChI=1S/C21H34N4O2S/c1-2-23-20(24-16-18-8-10-19(11-9-18)28(22,26)27)25-15-7-14-21(17-25)12-5-3-4-6-13-21/h8-11H,2-7,12-17H2,1H3,(H,23,24)(H2,22,26,27). The summed E-state index contributed by atoms with van der Waals surface area (Å²) in [6, 6.07) is 6.68. The quantitative estimate of drug-likeness (QED) is 0.593. The minimum absolute atomic E-state index is 0.137. The summed E-state index contributed by atoms with van der Waals surface area (Å²) in [6.45, 7) is 5.62. The maximum absolute atomic E-state index is 11.4. The van der Waals surface area contributed by atoms with Gasteiger partial charge in [0.15, 0.2) is 5.96 Å². The van der Waals surface area contributed by atoms with E-state index in [1.54, 1.807) is 24.3 Å². The lowest BCUT2D eigenvalue weighted by molar-refractivity contribution is 0.115. The van der Waals surface area contributed by atoms with Crippen LogP contribution in [0.25, 0.3) is 0 Å². The number of hydrogen-bond donors (Lipinski definition) is 2. The molecule has 1 spiro atoms. The molecule has 1 aliphatic carbocycles. The van der Waals surface area contributed by atoms with Gasteiger partial charge in [-0.1, -0.05) is 37.8 Å². The molecule has 1 aliphatic heterocycles. The molecule has 1 aromatic carbocycles. The molecule has 0 amide bonds. The van der Waals surface area contributed by atoms with E-state index in [1.807, 2.05) is 0 Å². The predicted octanol–water partition coefficient (Wildman–Crippen LogP) is 3.24. The normalized spacial score (nSPS) is 20.8. The summed E-state index contributed by atoms with van der Waals surface area (Å²) in [7, 11) is -3.65. The molecule has 28 heavy (non-hydrogen) atoms. The molecule has 156 valence electrons. The lowest BCUT2D eigenvalue weighted by atomic mass is 9.74. The van der Waals surface area contributed by atoms with E-state index in [0.717, 1.165) is 31.2 Å². The van der Waals surface area contributed by atoms with E-state index < -0.39 is 10.0 Å². The fraction of sp³-hybridized carbons (Fsp3) is 0.667. The smallest absolute Gasteiger partial charge is 0.238 e. The zero-order chi connectivity index (χ0) is 20.0. The number of likely N-dealkylation sites (tertiary alicyclic amines) is 1. The molecule has 7 heteroatoms. The van der Waals surface area contributed by atoms with E-state index >= 15 is 0 Å². The van der Waals surface area contributed by atoms with Crippen LogP contribution in [0.2, 0.25) is 0 Å². The lowest BCUT2D eigenvalue weighted by Gasteiger charge is -2.44. The number of guanidine groups is 1. The van der Waals surface area contributed by atoms with Crippen LogP contribution in [-0.2, 0) is 16.6 Å². The number of piperidine rings is 1. The van der Waals surface area contributed by atoms with Crippen molar-refractivity contribution in [3.05, 3.63) is 29.8 Å². The zero-order valence-electron chi connectivity index (χ0n) is 17.0. The zero-order valence-corrected chi connectivity index (χ0v) is 17.8. The Morgan fingerprint density at radius 1 is 1.11 bits per heavy atom. The van der Waals surface area contributed by atoms with Crippen LogP contribution < -0.4 is 10.5 Å². The number of benzene rings is 1. The molecule has 0 bridgehead atoms. The number of primary sulfonamides is 1. The van der Waals surface area contributed by atoms with Crippen molar-refractivity contribution in [3.63, 3.8) is 0 Å². The van der Waals surface area contributed by atoms with Gasteiger partial charge in [-0.15, -0.1) is 0 Å². The molecule has 0 unspecified atom stereocenters. The van der Waals surface area contributed by atoms with E-state index in [4.69, 9.17) is 10.1 Å². The molecule has 1 heterocycles. The third-order valence-electron chi connectivity index (χ3n) is 6.12. The van der Waals surface area contributed by atoms with Gasteiger partial charge < -0.3 is 10.2 Å². The molecule has 2 fully saturated rings. The van der Waals surface area contributed by atoms with Crippen molar-refractivity contribution in [1.82, 2.24) is 10.2 Å². The predicted molar refractivity (Wildman–Crippen MR) is 114 cm³/mol. The van der Waals surface area contributed by atoms with Crippen LogP contribution >= 0.6 is 0 Å². The highest BCUT2D eigenvalue weighted by Gasteiger charge is 2.36. The average Bonchev–Trinajstić information content (AvgIpc) is 2.90. The van der Waals surface area contributed by atoms with E-state index in [9.17, 15) is 8.42 Å². The van der Waals surface area contributed by atoms with Crippen molar-refractivity contribution < 1.29 is 8.42 Å². The van der Waals surface area contributed by atoms with Gasteiger partial charge in [-0.05, 0) is 55.7 Å². The Morgan fingerprint density at radius 2 is 1.75 bits per heavy atom. The second-order valence-electron chi connectivity index (χ2n) is 8.30. The SMILES string of the molecule is CCNC(=NCc1ccc(S(N)(=O)=O)cc1)N1CCCC2(CCCCCC2)C1. The Hall–Kier alpha value is -1.60.